The van der Waals surface area contributed by atoms with Crippen LogP contribution >= 0.6 is 0 Å². The monoisotopic (exact) mass is 257 g/mol. The molecule has 0 radical (unpaired) electrons. The molecule has 0 spiro atoms. The van der Waals surface area contributed by atoms with Gasteiger partial charge in [-0.3, -0.25) is 9.59 Å². The van der Waals surface area contributed by atoms with Gasteiger partial charge in [0, 0.05) is 12.2 Å². The first-order chi connectivity index (χ1) is 9.10. The predicted molar refractivity (Wildman–Crippen MR) is 65.1 cm³/mol. The number of pyridine rings is 1. The second-order valence-corrected chi connectivity index (χ2v) is 4.19. The van der Waals surface area contributed by atoms with Crippen LogP contribution < -0.4 is 5.32 Å². The van der Waals surface area contributed by atoms with Gasteiger partial charge in [0.2, 0.25) is 0 Å². The highest BCUT2D eigenvalue weighted by atomic mass is 16.4. The molecule has 2 atom stereocenters. The lowest BCUT2D eigenvalue weighted by molar-refractivity contribution is -0.140. The molecular weight excluding hydrogens is 246 g/mol. The van der Waals surface area contributed by atoms with Crippen molar-refractivity contribution in [2.24, 2.45) is 5.92 Å². The number of carbonyl (C=O) groups excluding carboxylic acids is 1. The molecule has 1 amide bonds. The summed E-state index contributed by atoms with van der Waals surface area (Å²) < 4.78 is 0. The normalized spacial score (nSPS) is 20.8. The van der Waals surface area contributed by atoms with E-state index < -0.39 is 11.9 Å². The summed E-state index contributed by atoms with van der Waals surface area (Å²) in [6, 6.07) is 4.58. The van der Waals surface area contributed by atoms with Crippen molar-refractivity contribution in [2.75, 3.05) is 0 Å². The summed E-state index contributed by atoms with van der Waals surface area (Å²) in [4.78, 5) is 26.5. The maximum Gasteiger partial charge on any atom is 0.310 e. The average Bonchev–Trinajstić information content (AvgIpc) is 2.87. The number of nitrogens with zero attached hydrogens (tertiary/aromatic N) is 2. The van der Waals surface area contributed by atoms with Gasteiger partial charge < -0.3 is 10.4 Å². The Kier molecular flexibility index (Phi) is 3.57. The van der Waals surface area contributed by atoms with Gasteiger partial charge in [0.15, 0.2) is 0 Å². The van der Waals surface area contributed by atoms with Crippen molar-refractivity contribution in [2.45, 2.75) is 12.5 Å². The summed E-state index contributed by atoms with van der Waals surface area (Å²) in [5.41, 5.74) is 0.578. The second-order valence-electron chi connectivity index (χ2n) is 4.19. The zero-order valence-electron chi connectivity index (χ0n) is 9.91. The Morgan fingerprint density at radius 3 is 2.74 bits per heavy atom. The van der Waals surface area contributed by atoms with Gasteiger partial charge in [0.1, 0.15) is 11.8 Å². The Morgan fingerprint density at radius 2 is 2.21 bits per heavy atom. The van der Waals surface area contributed by atoms with E-state index >= 15 is 0 Å². The summed E-state index contributed by atoms with van der Waals surface area (Å²) in [5.74, 6) is -1.84. The number of nitriles is 1. The fourth-order valence-electron chi connectivity index (χ4n) is 1.83. The summed E-state index contributed by atoms with van der Waals surface area (Å²) in [7, 11) is 0. The Balaban J connectivity index is 1.97. The van der Waals surface area contributed by atoms with Crippen LogP contribution in [-0.4, -0.2) is 28.0 Å². The Labute approximate surface area is 109 Å². The molecule has 0 fully saturated rings. The number of rotatable bonds is 3. The van der Waals surface area contributed by atoms with Gasteiger partial charge >= 0.3 is 5.97 Å². The van der Waals surface area contributed by atoms with Crippen molar-refractivity contribution < 1.29 is 14.7 Å². The van der Waals surface area contributed by atoms with Crippen molar-refractivity contribution in [3.8, 4) is 6.07 Å². The lowest BCUT2D eigenvalue weighted by atomic mass is 10.1. The van der Waals surface area contributed by atoms with Gasteiger partial charge in [-0.1, -0.05) is 12.2 Å². The third kappa shape index (κ3) is 2.96. The molecule has 0 saturated heterocycles. The minimum atomic E-state index is -0.899. The fourth-order valence-corrected chi connectivity index (χ4v) is 1.83. The third-order valence-electron chi connectivity index (χ3n) is 2.84. The van der Waals surface area contributed by atoms with Gasteiger partial charge in [-0.2, -0.15) is 5.26 Å². The van der Waals surface area contributed by atoms with E-state index in [1.807, 2.05) is 6.07 Å². The van der Waals surface area contributed by atoms with Crippen molar-refractivity contribution >= 4 is 11.9 Å². The highest BCUT2D eigenvalue weighted by Gasteiger charge is 2.25. The van der Waals surface area contributed by atoms with Crippen molar-refractivity contribution in [1.82, 2.24) is 10.3 Å². The zero-order valence-corrected chi connectivity index (χ0v) is 9.91. The molecule has 6 heteroatoms. The van der Waals surface area contributed by atoms with E-state index in [0.29, 0.717) is 12.0 Å². The number of hydrogen-bond donors (Lipinski definition) is 2. The number of hydrogen-bond acceptors (Lipinski definition) is 4. The topological polar surface area (TPSA) is 103 Å². The molecule has 2 rings (SSSR count). The van der Waals surface area contributed by atoms with Crippen molar-refractivity contribution in [1.29, 1.82) is 5.26 Å². The first-order valence-corrected chi connectivity index (χ1v) is 5.68. The van der Waals surface area contributed by atoms with Crippen LogP contribution in [0.3, 0.4) is 0 Å². The molecule has 19 heavy (non-hydrogen) atoms. The molecule has 6 nitrogen and oxygen atoms in total. The zero-order chi connectivity index (χ0) is 13.8. The molecule has 96 valence electrons. The number of carbonyl (C=O) groups is 2. The minimum absolute atomic E-state index is 0.200. The van der Waals surface area contributed by atoms with Crippen LogP contribution in [0.25, 0.3) is 0 Å². The van der Waals surface area contributed by atoms with Gasteiger partial charge in [-0.15, -0.1) is 0 Å². The summed E-state index contributed by atoms with van der Waals surface area (Å²) in [6.45, 7) is 0. The van der Waals surface area contributed by atoms with E-state index in [1.165, 1.54) is 18.3 Å². The molecule has 1 aromatic heterocycles. The van der Waals surface area contributed by atoms with Crippen LogP contribution in [-0.2, 0) is 4.79 Å². The second kappa shape index (κ2) is 5.31. The van der Waals surface area contributed by atoms with Crippen LogP contribution in [0.2, 0.25) is 0 Å². The van der Waals surface area contributed by atoms with E-state index in [9.17, 15) is 9.59 Å². The molecule has 2 unspecified atom stereocenters. The molecule has 0 aliphatic heterocycles. The SMILES string of the molecule is N#Cc1ccc(C(=O)NC2C=CC(C(=O)O)C2)nc1. The first kappa shape index (κ1) is 12.8. The van der Waals surface area contributed by atoms with Gasteiger partial charge in [0.05, 0.1) is 11.5 Å². The summed E-state index contributed by atoms with van der Waals surface area (Å²) >= 11 is 0. The molecule has 1 aliphatic rings. The minimum Gasteiger partial charge on any atom is -0.481 e. The largest absolute Gasteiger partial charge is 0.481 e. The van der Waals surface area contributed by atoms with Crippen LogP contribution in [0.4, 0.5) is 0 Å². The van der Waals surface area contributed by atoms with Crippen LogP contribution in [0.15, 0.2) is 30.5 Å². The molecule has 2 N–H and O–H groups in total. The molecular formula is C13H11N3O3. The molecule has 1 aromatic rings. The lowest BCUT2D eigenvalue weighted by Gasteiger charge is -2.11. The van der Waals surface area contributed by atoms with E-state index in [1.54, 1.807) is 12.2 Å². The van der Waals surface area contributed by atoms with Crippen molar-refractivity contribution in [3.63, 3.8) is 0 Å². The van der Waals surface area contributed by atoms with Crippen LogP contribution in [0.5, 0.6) is 0 Å². The number of carboxylic acids is 1. The average molecular weight is 257 g/mol. The van der Waals surface area contributed by atoms with Crippen LogP contribution in [0.1, 0.15) is 22.5 Å². The summed E-state index contributed by atoms with van der Waals surface area (Å²) in [5, 5.41) is 20.1. The fraction of sp³-hybridized carbons (Fsp3) is 0.231. The molecule has 0 aromatic carbocycles. The molecule has 1 heterocycles. The number of aromatic nitrogens is 1. The van der Waals surface area contributed by atoms with Gasteiger partial charge in [-0.05, 0) is 18.6 Å². The summed E-state index contributed by atoms with van der Waals surface area (Å²) in [6.07, 6.45) is 4.90. The highest BCUT2D eigenvalue weighted by Crippen LogP contribution is 2.18. The highest BCUT2D eigenvalue weighted by molar-refractivity contribution is 5.92. The van der Waals surface area contributed by atoms with E-state index in [-0.39, 0.29) is 17.6 Å². The molecule has 1 aliphatic carbocycles. The number of aliphatic carboxylic acids is 1. The predicted octanol–water partition coefficient (Wildman–Crippen LogP) is 0.712. The van der Waals surface area contributed by atoms with E-state index in [0.717, 1.165) is 0 Å². The van der Waals surface area contributed by atoms with Crippen LogP contribution in [0, 0.1) is 17.2 Å². The quantitative estimate of drug-likeness (QED) is 0.776. The van der Waals surface area contributed by atoms with E-state index in [4.69, 9.17) is 10.4 Å². The number of amides is 1. The Bertz CT molecular complexity index is 572. The molecule has 0 saturated carbocycles. The number of carboxylic acid groups (broad SMARTS) is 1. The van der Waals surface area contributed by atoms with Crippen molar-refractivity contribution in [3.05, 3.63) is 41.7 Å². The maximum absolute atomic E-state index is 11.8. The maximum atomic E-state index is 11.8. The molecule has 0 bridgehead atoms. The standard InChI is InChI=1S/C13H11N3O3/c14-6-8-1-4-11(15-7-8)12(17)16-10-3-2-9(5-10)13(18)19/h1-4,7,9-10H,5H2,(H,16,17)(H,18,19). The lowest BCUT2D eigenvalue weighted by Crippen LogP contribution is -2.33. The first-order valence-electron chi connectivity index (χ1n) is 5.68. The van der Waals surface area contributed by atoms with E-state index in [2.05, 4.69) is 10.3 Å². The third-order valence-corrected chi connectivity index (χ3v) is 2.84. The van der Waals surface area contributed by atoms with Gasteiger partial charge in [0.25, 0.3) is 5.91 Å². The number of nitrogens with one attached hydrogen (secondary N) is 1. The van der Waals surface area contributed by atoms with Gasteiger partial charge in [-0.25, -0.2) is 4.98 Å². The Hall–Kier alpha value is -2.68. The Morgan fingerprint density at radius 1 is 1.42 bits per heavy atom. The smallest absolute Gasteiger partial charge is 0.310 e.